The van der Waals surface area contributed by atoms with E-state index >= 15 is 0 Å². The van der Waals surface area contributed by atoms with Crippen molar-refractivity contribution in [2.24, 2.45) is 0 Å². The number of anilines is 1. The fourth-order valence-corrected chi connectivity index (χ4v) is 3.34. The minimum atomic E-state index is -0.217. The van der Waals surface area contributed by atoms with Crippen LogP contribution < -0.4 is 14.4 Å². The first-order valence-electron chi connectivity index (χ1n) is 8.37. The third-order valence-corrected chi connectivity index (χ3v) is 4.94. The van der Waals surface area contributed by atoms with Crippen molar-refractivity contribution in [3.63, 3.8) is 0 Å². The SMILES string of the molecule is COc1cc(OC)cc(N2CCC(N(C)Cc3ncccc3Cl)C2=O)c1. The normalized spacial score (nSPS) is 17.0. The first-order valence-corrected chi connectivity index (χ1v) is 8.75. The number of methoxy groups -OCH3 is 2. The summed E-state index contributed by atoms with van der Waals surface area (Å²) >= 11 is 6.19. The molecule has 1 fully saturated rings. The van der Waals surface area contributed by atoms with Gasteiger partial charge in [0.05, 0.1) is 36.7 Å². The van der Waals surface area contributed by atoms with Gasteiger partial charge in [-0.25, -0.2) is 0 Å². The molecule has 1 aromatic heterocycles. The molecule has 138 valence electrons. The lowest BCUT2D eigenvalue weighted by Crippen LogP contribution is -2.39. The van der Waals surface area contributed by atoms with Crippen molar-refractivity contribution in [2.45, 2.75) is 19.0 Å². The summed E-state index contributed by atoms with van der Waals surface area (Å²) in [6.45, 7) is 1.16. The number of likely N-dealkylation sites (N-methyl/N-ethyl adjacent to an activating group) is 1. The number of carbonyl (C=O) groups is 1. The molecule has 2 aromatic rings. The number of hydrogen-bond donors (Lipinski definition) is 0. The zero-order valence-electron chi connectivity index (χ0n) is 15.1. The average Bonchev–Trinajstić information content (AvgIpc) is 3.04. The van der Waals surface area contributed by atoms with Gasteiger partial charge in [-0.1, -0.05) is 11.6 Å². The van der Waals surface area contributed by atoms with E-state index in [2.05, 4.69) is 4.98 Å². The van der Waals surface area contributed by atoms with E-state index in [0.717, 1.165) is 17.8 Å². The Morgan fingerprint density at radius 3 is 2.58 bits per heavy atom. The maximum atomic E-state index is 13.0. The van der Waals surface area contributed by atoms with Crippen LogP contribution >= 0.6 is 11.6 Å². The molecular weight excluding hydrogens is 354 g/mol. The third-order valence-electron chi connectivity index (χ3n) is 4.59. The van der Waals surface area contributed by atoms with Gasteiger partial charge in [0.2, 0.25) is 5.91 Å². The summed E-state index contributed by atoms with van der Waals surface area (Å²) < 4.78 is 10.6. The number of benzene rings is 1. The van der Waals surface area contributed by atoms with Gasteiger partial charge in [0, 0.05) is 37.5 Å². The van der Waals surface area contributed by atoms with Crippen LogP contribution in [-0.4, -0.2) is 49.6 Å². The lowest BCUT2D eigenvalue weighted by atomic mass is 10.2. The maximum absolute atomic E-state index is 13.0. The highest BCUT2D eigenvalue weighted by Crippen LogP contribution is 2.32. The molecule has 1 aliphatic heterocycles. The lowest BCUT2D eigenvalue weighted by molar-refractivity contribution is -0.121. The van der Waals surface area contributed by atoms with Gasteiger partial charge in [0.25, 0.3) is 0 Å². The molecule has 1 saturated heterocycles. The second kappa shape index (κ2) is 7.93. The highest BCUT2D eigenvalue weighted by molar-refractivity contribution is 6.31. The summed E-state index contributed by atoms with van der Waals surface area (Å²) in [5, 5.41) is 0.610. The minimum absolute atomic E-state index is 0.0508. The Balaban J connectivity index is 1.76. The number of aromatic nitrogens is 1. The molecule has 2 heterocycles. The van der Waals surface area contributed by atoms with E-state index in [-0.39, 0.29) is 11.9 Å². The van der Waals surface area contributed by atoms with E-state index in [0.29, 0.717) is 29.6 Å². The van der Waals surface area contributed by atoms with Gasteiger partial charge in [0.1, 0.15) is 11.5 Å². The Bertz CT molecular complexity index is 777. The maximum Gasteiger partial charge on any atom is 0.244 e. The Morgan fingerprint density at radius 2 is 1.96 bits per heavy atom. The zero-order chi connectivity index (χ0) is 18.7. The molecule has 1 atom stereocenters. The summed E-state index contributed by atoms with van der Waals surface area (Å²) in [5.41, 5.74) is 1.55. The van der Waals surface area contributed by atoms with Crippen molar-refractivity contribution >= 4 is 23.2 Å². The quantitative estimate of drug-likeness (QED) is 0.776. The van der Waals surface area contributed by atoms with E-state index in [4.69, 9.17) is 21.1 Å². The first kappa shape index (κ1) is 18.5. The van der Waals surface area contributed by atoms with Gasteiger partial charge < -0.3 is 14.4 Å². The van der Waals surface area contributed by atoms with E-state index in [1.54, 1.807) is 37.4 Å². The number of amides is 1. The van der Waals surface area contributed by atoms with Gasteiger partial charge in [-0.2, -0.15) is 0 Å². The lowest BCUT2D eigenvalue weighted by Gasteiger charge is -2.24. The van der Waals surface area contributed by atoms with E-state index in [1.807, 2.05) is 30.1 Å². The van der Waals surface area contributed by atoms with Gasteiger partial charge in [-0.3, -0.25) is 14.7 Å². The molecule has 1 aliphatic rings. The average molecular weight is 376 g/mol. The third kappa shape index (κ3) is 3.76. The molecule has 6 nitrogen and oxygen atoms in total. The number of carbonyl (C=O) groups excluding carboxylic acids is 1. The smallest absolute Gasteiger partial charge is 0.244 e. The van der Waals surface area contributed by atoms with Crippen LogP contribution in [0.3, 0.4) is 0 Å². The van der Waals surface area contributed by atoms with Crippen LogP contribution in [0.1, 0.15) is 12.1 Å². The highest BCUT2D eigenvalue weighted by atomic mass is 35.5. The number of pyridine rings is 1. The van der Waals surface area contributed by atoms with Gasteiger partial charge in [-0.05, 0) is 25.6 Å². The Labute approximate surface area is 158 Å². The van der Waals surface area contributed by atoms with Crippen molar-refractivity contribution in [2.75, 3.05) is 32.7 Å². The summed E-state index contributed by atoms with van der Waals surface area (Å²) in [6, 6.07) is 8.87. The van der Waals surface area contributed by atoms with Crippen molar-refractivity contribution in [1.29, 1.82) is 0 Å². The first-order chi connectivity index (χ1) is 12.5. The topological polar surface area (TPSA) is 54.9 Å². The molecular formula is C19H22ClN3O3. The molecule has 0 radical (unpaired) electrons. The summed E-state index contributed by atoms with van der Waals surface area (Å²) in [6.07, 6.45) is 2.44. The van der Waals surface area contributed by atoms with Crippen LogP contribution in [0.25, 0.3) is 0 Å². The predicted octanol–water partition coefficient (Wildman–Crippen LogP) is 2.99. The Hall–Kier alpha value is -2.31. The van der Waals surface area contributed by atoms with Crippen LogP contribution in [0.2, 0.25) is 5.02 Å². The molecule has 7 heteroatoms. The van der Waals surface area contributed by atoms with E-state index < -0.39 is 0 Å². The van der Waals surface area contributed by atoms with Gasteiger partial charge in [-0.15, -0.1) is 0 Å². The van der Waals surface area contributed by atoms with Crippen LogP contribution in [0.5, 0.6) is 11.5 Å². The second-order valence-electron chi connectivity index (χ2n) is 6.21. The van der Waals surface area contributed by atoms with Crippen LogP contribution in [0, 0.1) is 0 Å². The molecule has 26 heavy (non-hydrogen) atoms. The number of rotatable bonds is 6. The molecule has 3 rings (SSSR count). The van der Waals surface area contributed by atoms with Crippen molar-refractivity contribution in [1.82, 2.24) is 9.88 Å². The number of halogens is 1. The standard InChI is InChI=1S/C19H22ClN3O3/c1-22(12-17-16(20)5-4-7-21-17)18-6-8-23(19(18)24)13-9-14(25-2)11-15(10-13)26-3/h4-5,7,9-11,18H,6,8,12H2,1-3H3. The Morgan fingerprint density at radius 1 is 1.27 bits per heavy atom. The molecule has 1 aromatic carbocycles. The van der Waals surface area contributed by atoms with Crippen LogP contribution in [0.4, 0.5) is 5.69 Å². The fraction of sp³-hybridized carbons (Fsp3) is 0.368. The molecule has 0 saturated carbocycles. The minimum Gasteiger partial charge on any atom is -0.497 e. The number of nitrogens with zero attached hydrogens (tertiary/aromatic N) is 3. The van der Waals surface area contributed by atoms with E-state index in [1.165, 1.54) is 0 Å². The summed E-state index contributed by atoms with van der Waals surface area (Å²) in [4.78, 5) is 21.0. The van der Waals surface area contributed by atoms with Crippen molar-refractivity contribution < 1.29 is 14.3 Å². The van der Waals surface area contributed by atoms with E-state index in [9.17, 15) is 4.79 Å². The summed E-state index contributed by atoms with van der Waals surface area (Å²) in [7, 11) is 5.11. The molecule has 1 amide bonds. The predicted molar refractivity (Wildman–Crippen MR) is 101 cm³/mol. The van der Waals surface area contributed by atoms with Crippen LogP contribution in [-0.2, 0) is 11.3 Å². The van der Waals surface area contributed by atoms with Crippen LogP contribution in [0.15, 0.2) is 36.5 Å². The molecule has 0 bridgehead atoms. The molecule has 1 unspecified atom stereocenters. The second-order valence-corrected chi connectivity index (χ2v) is 6.62. The fourth-order valence-electron chi connectivity index (χ4n) is 3.16. The van der Waals surface area contributed by atoms with Gasteiger partial charge >= 0.3 is 0 Å². The Kier molecular flexibility index (Phi) is 5.64. The highest BCUT2D eigenvalue weighted by Gasteiger charge is 2.35. The van der Waals surface area contributed by atoms with Gasteiger partial charge in [0.15, 0.2) is 0 Å². The van der Waals surface area contributed by atoms with Crippen molar-refractivity contribution in [3.8, 4) is 11.5 Å². The number of hydrogen-bond acceptors (Lipinski definition) is 5. The molecule has 0 aliphatic carbocycles. The largest absolute Gasteiger partial charge is 0.497 e. The molecule has 0 spiro atoms. The number of ether oxygens (including phenoxy) is 2. The summed E-state index contributed by atoms with van der Waals surface area (Å²) in [5.74, 6) is 1.36. The van der Waals surface area contributed by atoms with Crippen molar-refractivity contribution in [3.05, 3.63) is 47.2 Å². The monoisotopic (exact) mass is 375 g/mol. The molecule has 0 N–H and O–H groups in total. The zero-order valence-corrected chi connectivity index (χ0v) is 15.9.